The Bertz CT molecular complexity index is 1360. The van der Waals surface area contributed by atoms with E-state index in [1.165, 1.54) is 0 Å². The highest BCUT2D eigenvalue weighted by Crippen LogP contribution is 2.32. The lowest BCUT2D eigenvalue weighted by atomic mass is 10.1. The summed E-state index contributed by atoms with van der Waals surface area (Å²) in [6.45, 7) is 7.01. The lowest BCUT2D eigenvalue weighted by Crippen LogP contribution is -2.43. The van der Waals surface area contributed by atoms with Crippen molar-refractivity contribution >= 4 is 34.5 Å². The van der Waals surface area contributed by atoms with Gasteiger partial charge < -0.3 is 25.4 Å². The topological polar surface area (TPSA) is 104 Å². The summed E-state index contributed by atoms with van der Waals surface area (Å²) in [6.07, 6.45) is 3.28. The second kappa shape index (κ2) is 12.1. The zero-order chi connectivity index (χ0) is 26.4. The quantitative estimate of drug-likeness (QED) is 0.362. The number of carbonyl (C=O) groups is 1. The lowest BCUT2D eigenvalue weighted by Gasteiger charge is -2.30. The number of benzene rings is 2. The fourth-order valence-electron chi connectivity index (χ4n) is 3.97. The van der Waals surface area contributed by atoms with Gasteiger partial charge in [-0.05, 0) is 55.8 Å². The Morgan fingerprint density at radius 3 is 2.62 bits per heavy atom. The van der Waals surface area contributed by atoms with Gasteiger partial charge in [0.1, 0.15) is 11.4 Å². The standard InChI is InChI=1S/C24H23ClN6O2.C3H8O/c1-33-22-6-5-18(14-21(22)30-11-8-26-9-12-30)28-24(32)20-7-10-31-23(29-20)19(15-27-31)16-3-2-4-17(25)13-16;1-3(2)4/h2-7,10,13-15,26H,8-9,11-12H2,1H3,(H,28,32);3-4H,1-2H3. The molecule has 0 aliphatic carbocycles. The smallest absolute Gasteiger partial charge is 0.274 e. The fraction of sp³-hybridized carbons (Fsp3) is 0.296. The van der Waals surface area contributed by atoms with Crippen molar-refractivity contribution in [3.05, 3.63) is 71.6 Å². The maximum Gasteiger partial charge on any atom is 0.274 e. The summed E-state index contributed by atoms with van der Waals surface area (Å²) >= 11 is 6.15. The summed E-state index contributed by atoms with van der Waals surface area (Å²) in [6, 6.07) is 14.8. The van der Waals surface area contributed by atoms with Gasteiger partial charge in [0.05, 0.1) is 19.0 Å². The van der Waals surface area contributed by atoms with Gasteiger partial charge in [-0.25, -0.2) is 9.50 Å². The van der Waals surface area contributed by atoms with Crippen LogP contribution in [0.3, 0.4) is 0 Å². The van der Waals surface area contributed by atoms with E-state index in [0.717, 1.165) is 48.7 Å². The Balaban J connectivity index is 0.000000747. The Hall–Kier alpha value is -3.66. The van der Waals surface area contributed by atoms with E-state index in [1.54, 1.807) is 43.9 Å². The SMILES string of the molecule is CC(C)O.COc1ccc(NC(=O)c2ccn3ncc(-c4cccc(Cl)c4)c3n2)cc1N1CCNCC1. The van der Waals surface area contributed by atoms with E-state index in [2.05, 4.69) is 25.6 Å². The van der Waals surface area contributed by atoms with Crippen LogP contribution in [-0.2, 0) is 0 Å². The number of anilines is 2. The summed E-state index contributed by atoms with van der Waals surface area (Å²) in [5.41, 5.74) is 4.21. The molecule has 194 valence electrons. The molecule has 0 saturated carbocycles. The minimum absolute atomic E-state index is 0.167. The molecule has 4 aromatic rings. The highest BCUT2D eigenvalue weighted by atomic mass is 35.5. The highest BCUT2D eigenvalue weighted by molar-refractivity contribution is 6.30. The molecule has 0 spiro atoms. The minimum atomic E-state index is -0.299. The summed E-state index contributed by atoms with van der Waals surface area (Å²) in [4.78, 5) is 19.9. The van der Waals surface area contributed by atoms with Gasteiger partial charge in [-0.1, -0.05) is 23.7 Å². The molecule has 1 aliphatic rings. The summed E-state index contributed by atoms with van der Waals surface area (Å²) in [5, 5.41) is 19.3. The Labute approximate surface area is 221 Å². The van der Waals surface area contributed by atoms with E-state index in [1.807, 2.05) is 42.5 Å². The van der Waals surface area contributed by atoms with Crippen LogP contribution in [0.25, 0.3) is 16.8 Å². The number of aromatic nitrogens is 3. The minimum Gasteiger partial charge on any atom is -0.495 e. The number of rotatable bonds is 5. The number of hydrogen-bond donors (Lipinski definition) is 3. The average Bonchev–Trinajstić information content (AvgIpc) is 3.32. The van der Waals surface area contributed by atoms with Crippen LogP contribution < -0.4 is 20.3 Å². The van der Waals surface area contributed by atoms with E-state index in [9.17, 15) is 4.79 Å². The van der Waals surface area contributed by atoms with Crippen LogP contribution >= 0.6 is 11.6 Å². The van der Waals surface area contributed by atoms with Crippen LogP contribution in [0.1, 0.15) is 24.3 Å². The second-order valence-corrected chi connectivity index (χ2v) is 9.26. The number of piperazine rings is 1. The maximum atomic E-state index is 13.0. The van der Waals surface area contributed by atoms with Crippen molar-refractivity contribution in [1.82, 2.24) is 19.9 Å². The molecule has 1 aliphatic heterocycles. The molecule has 1 fully saturated rings. The Morgan fingerprint density at radius 1 is 1.16 bits per heavy atom. The third kappa shape index (κ3) is 6.56. The average molecular weight is 523 g/mol. The van der Waals surface area contributed by atoms with Crippen LogP contribution in [0.15, 0.2) is 60.9 Å². The van der Waals surface area contributed by atoms with Crippen LogP contribution in [0.2, 0.25) is 5.02 Å². The highest BCUT2D eigenvalue weighted by Gasteiger charge is 2.18. The summed E-state index contributed by atoms with van der Waals surface area (Å²) < 4.78 is 7.18. The van der Waals surface area contributed by atoms with Gasteiger partial charge in [0.25, 0.3) is 5.91 Å². The molecule has 3 N–H and O–H groups in total. The first kappa shape index (κ1) is 26.4. The van der Waals surface area contributed by atoms with Crippen molar-refractivity contribution in [2.24, 2.45) is 0 Å². The van der Waals surface area contributed by atoms with E-state index in [-0.39, 0.29) is 12.0 Å². The zero-order valence-corrected chi connectivity index (χ0v) is 21.9. The number of carbonyl (C=O) groups excluding carboxylic acids is 1. The first-order valence-corrected chi connectivity index (χ1v) is 12.5. The Morgan fingerprint density at radius 2 is 1.92 bits per heavy atom. The van der Waals surface area contributed by atoms with Crippen LogP contribution in [0.4, 0.5) is 11.4 Å². The number of nitrogens with one attached hydrogen (secondary N) is 2. The van der Waals surface area contributed by atoms with Crippen molar-refractivity contribution < 1.29 is 14.6 Å². The van der Waals surface area contributed by atoms with Crippen LogP contribution in [-0.4, -0.2) is 65.0 Å². The van der Waals surface area contributed by atoms with Crippen molar-refractivity contribution in [1.29, 1.82) is 0 Å². The molecule has 1 saturated heterocycles. The molecule has 2 aromatic carbocycles. The first-order chi connectivity index (χ1) is 17.9. The summed E-state index contributed by atoms with van der Waals surface area (Å²) in [7, 11) is 1.65. The maximum absolute atomic E-state index is 13.0. The second-order valence-electron chi connectivity index (χ2n) is 8.82. The molecule has 2 aromatic heterocycles. The summed E-state index contributed by atoms with van der Waals surface area (Å²) in [5.74, 6) is 0.479. The van der Waals surface area contributed by atoms with E-state index in [0.29, 0.717) is 22.1 Å². The number of amides is 1. The van der Waals surface area contributed by atoms with Gasteiger partial charge >= 0.3 is 0 Å². The Kier molecular flexibility index (Phi) is 8.60. The number of aliphatic hydroxyl groups excluding tert-OH is 1. The van der Waals surface area contributed by atoms with Crippen molar-refractivity contribution in [3.8, 4) is 16.9 Å². The molecule has 0 atom stereocenters. The number of ether oxygens (including phenoxy) is 1. The monoisotopic (exact) mass is 522 g/mol. The molecule has 0 radical (unpaired) electrons. The number of halogens is 1. The van der Waals surface area contributed by atoms with Gasteiger partial charge in [-0.3, -0.25) is 4.79 Å². The van der Waals surface area contributed by atoms with Crippen LogP contribution in [0, 0.1) is 0 Å². The number of nitrogens with zero attached hydrogens (tertiary/aromatic N) is 4. The predicted molar refractivity (Wildman–Crippen MR) is 147 cm³/mol. The molecular weight excluding hydrogens is 492 g/mol. The molecule has 3 heterocycles. The van der Waals surface area contributed by atoms with Crippen molar-refractivity contribution in [3.63, 3.8) is 0 Å². The van der Waals surface area contributed by atoms with Crippen molar-refractivity contribution in [2.45, 2.75) is 20.0 Å². The number of aliphatic hydroxyl groups is 1. The molecular formula is C27H31ClN6O3. The molecule has 0 unspecified atom stereocenters. The largest absolute Gasteiger partial charge is 0.495 e. The lowest BCUT2D eigenvalue weighted by molar-refractivity contribution is 0.102. The third-order valence-corrected chi connectivity index (χ3v) is 5.87. The molecule has 5 rings (SSSR count). The number of hydrogen-bond acceptors (Lipinski definition) is 7. The molecule has 1 amide bonds. The van der Waals surface area contributed by atoms with E-state index in [4.69, 9.17) is 21.4 Å². The normalized spacial score (nSPS) is 13.3. The first-order valence-electron chi connectivity index (χ1n) is 12.1. The van der Waals surface area contributed by atoms with E-state index >= 15 is 0 Å². The molecule has 0 bridgehead atoms. The van der Waals surface area contributed by atoms with Gasteiger partial charge in [0.15, 0.2) is 5.65 Å². The van der Waals surface area contributed by atoms with Gasteiger partial charge in [0.2, 0.25) is 0 Å². The number of fused-ring (bicyclic) bond motifs is 1. The predicted octanol–water partition coefficient (Wildman–Crippen LogP) is 4.11. The molecule has 10 heteroatoms. The van der Waals surface area contributed by atoms with Gasteiger partial charge in [-0.15, -0.1) is 0 Å². The fourth-order valence-corrected chi connectivity index (χ4v) is 4.16. The van der Waals surface area contributed by atoms with Gasteiger partial charge in [-0.2, -0.15) is 5.10 Å². The molecule has 9 nitrogen and oxygen atoms in total. The third-order valence-electron chi connectivity index (χ3n) is 5.63. The zero-order valence-electron chi connectivity index (χ0n) is 21.1. The van der Waals surface area contributed by atoms with E-state index < -0.39 is 0 Å². The molecule has 37 heavy (non-hydrogen) atoms. The number of methoxy groups -OCH3 is 1. The van der Waals surface area contributed by atoms with Crippen LogP contribution in [0.5, 0.6) is 5.75 Å². The van der Waals surface area contributed by atoms with Crippen molar-refractivity contribution in [2.75, 3.05) is 43.5 Å². The van der Waals surface area contributed by atoms with Gasteiger partial charge in [0, 0.05) is 54.8 Å².